The largest absolute Gasteiger partial charge is 0.352 e. The summed E-state index contributed by atoms with van der Waals surface area (Å²) in [7, 11) is 1.88. The number of amides is 1. The fraction of sp³-hybridized carbons (Fsp3) is 0.526. The molecule has 3 aromatic rings. The van der Waals surface area contributed by atoms with E-state index in [4.69, 9.17) is 17.2 Å². The van der Waals surface area contributed by atoms with Gasteiger partial charge in [-0.1, -0.05) is 0 Å². The van der Waals surface area contributed by atoms with Crippen molar-refractivity contribution in [2.45, 2.75) is 51.0 Å². The van der Waals surface area contributed by atoms with Crippen molar-refractivity contribution in [3.63, 3.8) is 0 Å². The molecule has 28 heavy (non-hydrogen) atoms. The smallest absolute Gasteiger partial charge is 0.252 e. The molecule has 0 saturated heterocycles. The van der Waals surface area contributed by atoms with Crippen LogP contribution in [0.3, 0.4) is 0 Å². The molecule has 0 radical (unpaired) electrons. The van der Waals surface area contributed by atoms with E-state index >= 15 is 0 Å². The Balaban J connectivity index is 1.38. The van der Waals surface area contributed by atoms with Crippen LogP contribution in [-0.4, -0.2) is 42.0 Å². The maximum Gasteiger partial charge on any atom is 0.252 e. The second-order valence-corrected chi connectivity index (χ2v) is 8.22. The highest BCUT2D eigenvalue weighted by atomic mass is 32.1. The van der Waals surface area contributed by atoms with E-state index in [9.17, 15) is 4.79 Å². The number of hydrogen-bond acceptors (Lipinski definition) is 5. The molecule has 0 spiro atoms. The van der Waals surface area contributed by atoms with Gasteiger partial charge >= 0.3 is 0 Å². The first-order valence-corrected chi connectivity index (χ1v) is 10.2. The van der Waals surface area contributed by atoms with Gasteiger partial charge in [0.15, 0.2) is 10.4 Å². The van der Waals surface area contributed by atoms with Crippen molar-refractivity contribution in [2.75, 3.05) is 6.54 Å². The average molecular weight is 398 g/mol. The van der Waals surface area contributed by atoms with Crippen molar-refractivity contribution < 1.29 is 4.79 Å². The lowest BCUT2D eigenvalue weighted by atomic mass is 10.1. The summed E-state index contributed by atoms with van der Waals surface area (Å²) in [6.45, 7) is 2.43. The number of aromatic nitrogens is 6. The van der Waals surface area contributed by atoms with Gasteiger partial charge in [-0.3, -0.25) is 14.6 Å². The Labute approximate surface area is 167 Å². The molecule has 8 nitrogen and oxygen atoms in total. The van der Waals surface area contributed by atoms with Gasteiger partial charge in [-0.15, -0.1) is 0 Å². The predicted octanol–water partition coefficient (Wildman–Crippen LogP) is 2.72. The number of fused-ring (bicyclic) bond motifs is 1. The van der Waals surface area contributed by atoms with Crippen LogP contribution in [0.25, 0.3) is 11.0 Å². The van der Waals surface area contributed by atoms with Gasteiger partial charge in [-0.25, -0.2) is 4.98 Å². The molecule has 146 valence electrons. The van der Waals surface area contributed by atoms with Crippen LogP contribution in [0.5, 0.6) is 0 Å². The van der Waals surface area contributed by atoms with Gasteiger partial charge in [0.25, 0.3) is 5.91 Å². The fourth-order valence-corrected chi connectivity index (χ4v) is 4.14. The highest BCUT2D eigenvalue weighted by molar-refractivity contribution is 7.71. The Morgan fingerprint density at radius 1 is 1.36 bits per heavy atom. The molecule has 1 amide bonds. The van der Waals surface area contributed by atoms with Gasteiger partial charge in [-0.2, -0.15) is 10.2 Å². The van der Waals surface area contributed by atoms with Gasteiger partial charge in [0.1, 0.15) is 5.82 Å². The van der Waals surface area contributed by atoms with Crippen molar-refractivity contribution in [3.8, 4) is 0 Å². The third-order valence-electron chi connectivity index (χ3n) is 5.55. The Morgan fingerprint density at radius 3 is 2.86 bits per heavy atom. The number of nitrogens with zero attached hydrogens (tertiary/aromatic N) is 5. The molecular formula is C19H23N7OS. The first-order chi connectivity index (χ1) is 13.5. The fourth-order valence-electron chi connectivity index (χ4n) is 3.84. The van der Waals surface area contributed by atoms with Crippen LogP contribution >= 0.6 is 12.2 Å². The van der Waals surface area contributed by atoms with Gasteiger partial charge in [0, 0.05) is 37.7 Å². The van der Waals surface area contributed by atoms with E-state index in [0.717, 1.165) is 53.9 Å². The highest BCUT2D eigenvalue weighted by Gasteiger charge is 2.29. The Hall–Kier alpha value is -2.55. The standard InChI is InChI=1S/C19H23N7OS/c1-10-16-13(9-14(11-3-4-11)21-17(16)25(2)24-10)18(27)20-8-7-15-22-23-19(28)26(15)12-5-6-12/h9,11-12H,3-8H2,1-2H3,(H,20,27)(H,23,28). The molecule has 2 saturated carbocycles. The zero-order valence-electron chi connectivity index (χ0n) is 16.0. The zero-order valence-corrected chi connectivity index (χ0v) is 16.8. The minimum atomic E-state index is -0.0856. The summed E-state index contributed by atoms with van der Waals surface area (Å²) in [6.07, 6.45) is 5.21. The quantitative estimate of drug-likeness (QED) is 0.624. The van der Waals surface area contributed by atoms with E-state index in [2.05, 4.69) is 25.2 Å². The van der Waals surface area contributed by atoms with Crippen molar-refractivity contribution >= 4 is 29.2 Å². The third-order valence-corrected chi connectivity index (χ3v) is 5.84. The number of aromatic amines is 1. The summed E-state index contributed by atoms with van der Waals surface area (Å²) in [4.78, 5) is 17.8. The number of aryl methyl sites for hydroxylation is 2. The molecule has 0 atom stereocenters. The lowest BCUT2D eigenvalue weighted by molar-refractivity contribution is 0.0955. The molecule has 2 aliphatic rings. The number of rotatable bonds is 6. The number of carbonyl (C=O) groups is 1. The molecule has 9 heteroatoms. The summed E-state index contributed by atoms with van der Waals surface area (Å²) < 4.78 is 4.52. The van der Waals surface area contributed by atoms with Crippen LogP contribution in [0.4, 0.5) is 0 Å². The van der Waals surface area contributed by atoms with Crippen LogP contribution in [0.15, 0.2) is 6.07 Å². The van der Waals surface area contributed by atoms with Crippen LogP contribution in [0.2, 0.25) is 0 Å². The third kappa shape index (κ3) is 3.03. The lowest BCUT2D eigenvalue weighted by Crippen LogP contribution is -2.27. The first-order valence-electron chi connectivity index (χ1n) is 9.81. The molecular weight excluding hydrogens is 374 g/mol. The van der Waals surface area contributed by atoms with E-state index < -0.39 is 0 Å². The molecule has 3 aromatic heterocycles. The van der Waals surface area contributed by atoms with Crippen LogP contribution in [0.1, 0.15) is 65.2 Å². The van der Waals surface area contributed by atoms with Crippen LogP contribution < -0.4 is 5.32 Å². The van der Waals surface area contributed by atoms with Crippen LogP contribution in [-0.2, 0) is 13.5 Å². The van der Waals surface area contributed by atoms with E-state index in [-0.39, 0.29) is 5.91 Å². The maximum atomic E-state index is 13.0. The van der Waals surface area contributed by atoms with Crippen molar-refractivity contribution in [3.05, 3.63) is 33.6 Å². The molecule has 3 heterocycles. The first kappa shape index (κ1) is 17.5. The Kier molecular flexibility index (Phi) is 4.08. The molecule has 2 fully saturated rings. The Bertz CT molecular complexity index is 1130. The molecule has 0 bridgehead atoms. The lowest BCUT2D eigenvalue weighted by Gasteiger charge is -2.09. The summed E-state index contributed by atoms with van der Waals surface area (Å²) in [6, 6.07) is 2.42. The molecule has 5 rings (SSSR count). The number of H-pyrrole nitrogens is 1. The maximum absolute atomic E-state index is 13.0. The monoisotopic (exact) mass is 397 g/mol. The SMILES string of the molecule is Cc1nn(C)c2nc(C3CC3)cc(C(=O)NCCc3n[nH]c(=S)n3C3CC3)c12. The molecule has 0 aliphatic heterocycles. The minimum Gasteiger partial charge on any atom is -0.352 e. The van der Waals surface area contributed by atoms with E-state index in [1.165, 1.54) is 0 Å². The van der Waals surface area contributed by atoms with Gasteiger partial charge in [0.2, 0.25) is 0 Å². The van der Waals surface area contributed by atoms with Crippen molar-refractivity contribution in [2.24, 2.45) is 7.05 Å². The average Bonchev–Trinajstić information content (AvgIpc) is 3.59. The molecule has 2 N–H and O–H groups in total. The summed E-state index contributed by atoms with van der Waals surface area (Å²) in [5, 5.41) is 15.6. The number of carbonyl (C=O) groups excluding carboxylic acids is 1. The number of pyridine rings is 1. The van der Waals surface area contributed by atoms with Gasteiger partial charge in [0.05, 0.1) is 16.6 Å². The summed E-state index contributed by atoms with van der Waals surface area (Å²) in [5.41, 5.74) is 3.27. The second-order valence-electron chi connectivity index (χ2n) is 7.83. The normalized spacial score (nSPS) is 16.6. The Morgan fingerprint density at radius 2 is 2.14 bits per heavy atom. The van der Waals surface area contributed by atoms with Crippen LogP contribution in [0, 0.1) is 11.7 Å². The summed E-state index contributed by atoms with van der Waals surface area (Å²) in [5.74, 6) is 1.29. The highest BCUT2D eigenvalue weighted by Crippen LogP contribution is 2.40. The van der Waals surface area contributed by atoms with E-state index in [1.54, 1.807) is 4.68 Å². The van der Waals surface area contributed by atoms with E-state index in [0.29, 0.717) is 35.3 Å². The predicted molar refractivity (Wildman–Crippen MR) is 107 cm³/mol. The van der Waals surface area contributed by atoms with Gasteiger partial charge < -0.3 is 9.88 Å². The molecule has 2 aliphatic carbocycles. The van der Waals surface area contributed by atoms with E-state index in [1.807, 2.05) is 20.0 Å². The number of hydrogen-bond donors (Lipinski definition) is 2. The van der Waals surface area contributed by atoms with Crippen molar-refractivity contribution in [1.82, 2.24) is 34.8 Å². The van der Waals surface area contributed by atoms with Gasteiger partial charge in [-0.05, 0) is 50.9 Å². The topological polar surface area (TPSA) is 93.4 Å². The minimum absolute atomic E-state index is 0.0856. The molecule has 0 aromatic carbocycles. The second kappa shape index (κ2) is 6.51. The molecule has 0 unspecified atom stereocenters. The van der Waals surface area contributed by atoms with Crippen molar-refractivity contribution in [1.29, 1.82) is 0 Å². The number of nitrogens with one attached hydrogen (secondary N) is 2. The summed E-state index contributed by atoms with van der Waals surface area (Å²) >= 11 is 5.32. The zero-order chi connectivity index (χ0) is 19.4.